The first-order chi connectivity index (χ1) is 9.26. The lowest BCUT2D eigenvalue weighted by Crippen LogP contribution is -2.04. The molecule has 0 radical (unpaired) electrons. The molecule has 5 nitrogen and oxygen atoms in total. The Morgan fingerprint density at radius 1 is 1.26 bits per heavy atom. The van der Waals surface area contributed by atoms with Gasteiger partial charge in [0.05, 0.1) is 12.2 Å². The molecule has 94 valence electrons. The lowest BCUT2D eigenvalue weighted by atomic mass is 10.1. The van der Waals surface area contributed by atoms with E-state index in [1.165, 1.54) is 12.4 Å². The average Bonchev–Trinajstić information content (AvgIpc) is 2.47. The van der Waals surface area contributed by atoms with Crippen LogP contribution in [0.15, 0.2) is 36.7 Å². The second-order valence-electron chi connectivity index (χ2n) is 3.66. The Bertz CT molecular complexity index is 630. The first-order valence-electron chi connectivity index (χ1n) is 5.75. The highest BCUT2D eigenvalue weighted by molar-refractivity contribution is 5.90. The van der Waals surface area contributed by atoms with E-state index < -0.39 is 0 Å². The van der Waals surface area contributed by atoms with Crippen molar-refractivity contribution in [2.24, 2.45) is 0 Å². The molecule has 1 aromatic heterocycles. The minimum absolute atomic E-state index is 0.256. The van der Waals surface area contributed by atoms with Crippen LogP contribution in [0.4, 0.5) is 0 Å². The van der Waals surface area contributed by atoms with Crippen molar-refractivity contribution in [1.29, 1.82) is 5.26 Å². The maximum Gasteiger partial charge on any atom is 0.338 e. The average molecular weight is 253 g/mol. The molecule has 0 aliphatic carbocycles. The van der Waals surface area contributed by atoms with Gasteiger partial charge in [0, 0.05) is 18.0 Å². The van der Waals surface area contributed by atoms with Crippen LogP contribution in [0, 0.1) is 11.3 Å². The zero-order valence-corrected chi connectivity index (χ0v) is 10.3. The third-order valence-corrected chi connectivity index (χ3v) is 2.47. The van der Waals surface area contributed by atoms with Crippen molar-refractivity contribution in [3.8, 4) is 17.3 Å². The van der Waals surface area contributed by atoms with Gasteiger partial charge in [-0.3, -0.25) is 4.98 Å². The predicted octanol–water partition coefficient (Wildman–Crippen LogP) is 2.19. The van der Waals surface area contributed by atoms with Crippen LogP contribution in [-0.4, -0.2) is 22.5 Å². The highest BCUT2D eigenvalue weighted by atomic mass is 16.5. The van der Waals surface area contributed by atoms with E-state index in [1.54, 1.807) is 31.2 Å². The summed E-state index contributed by atoms with van der Waals surface area (Å²) < 4.78 is 4.90. The Morgan fingerprint density at radius 3 is 2.58 bits per heavy atom. The van der Waals surface area contributed by atoms with Crippen LogP contribution in [0.1, 0.15) is 23.0 Å². The van der Waals surface area contributed by atoms with Gasteiger partial charge in [-0.15, -0.1) is 0 Å². The molecule has 0 aliphatic heterocycles. The molecular formula is C14H11N3O2. The van der Waals surface area contributed by atoms with Gasteiger partial charge in [0.15, 0.2) is 5.69 Å². The van der Waals surface area contributed by atoms with E-state index in [-0.39, 0.29) is 11.7 Å². The number of benzene rings is 1. The number of hydrogen-bond donors (Lipinski definition) is 0. The molecular weight excluding hydrogens is 242 g/mol. The standard InChI is InChI=1S/C14H11N3O2/c1-2-19-14(18)11-5-3-10(4-6-11)13-12(9-15)16-7-8-17-13/h3-8H,2H2,1H3. The van der Waals surface area contributed by atoms with Crippen LogP contribution >= 0.6 is 0 Å². The largest absolute Gasteiger partial charge is 0.462 e. The van der Waals surface area contributed by atoms with Gasteiger partial charge in [0.25, 0.3) is 0 Å². The van der Waals surface area contributed by atoms with Crippen molar-refractivity contribution < 1.29 is 9.53 Å². The molecule has 2 rings (SSSR count). The summed E-state index contributed by atoms with van der Waals surface area (Å²) in [5.41, 5.74) is 1.96. The van der Waals surface area contributed by atoms with Crippen LogP contribution < -0.4 is 0 Å². The summed E-state index contributed by atoms with van der Waals surface area (Å²) >= 11 is 0. The highest BCUT2D eigenvalue weighted by Crippen LogP contribution is 2.19. The van der Waals surface area contributed by atoms with Crippen molar-refractivity contribution >= 4 is 5.97 Å². The van der Waals surface area contributed by atoms with Gasteiger partial charge in [-0.1, -0.05) is 12.1 Å². The minimum Gasteiger partial charge on any atom is -0.462 e. The number of carbonyl (C=O) groups is 1. The molecule has 0 saturated carbocycles. The molecule has 0 atom stereocenters. The summed E-state index contributed by atoms with van der Waals surface area (Å²) in [4.78, 5) is 19.6. The summed E-state index contributed by atoms with van der Waals surface area (Å²) in [5, 5.41) is 8.97. The first kappa shape index (κ1) is 12.7. The van der Waals surface area contributed by atoms with Gasteiger partial charge >= 0.3 is 5.97 Å². The van der Waals surface area contributed by atoms with Crippen molar-refractivity contribution in [1.82, 2.24) is 9.97 Å². The van der Waals surface area contributed by atoms with Gasteiger partial charge < -0.3 is 4.74 Å². The Labute approximate surface area is 110 Å². The molecule has 1 heterocycles. The highest BCUT2D eigenvalue weighted by Gasteiger charge is 2.09. The lowest BCUT2D eigenvalue weighted by Gasteiger charge is -2.04. The van der Waals surface area contributed by atoms with Crippen molar-refractivity contribution in [2.45, 2.75) is 6.92 Å². The SMILES string of the molecule is CCOC(=O)c1ccc(-c2nccnc2C#N)cc1. The molecule has 0 unspecified atom stereocenters. The fraction of sp³-hybridized carbons (Fsp3) is 0.143. The third-order valence-electron chi connectivity index (χ3n) is 2.47. The van der Waals surface area contributed by atoms with E-state index in [4.69, 9.17) is 10.00 Å². The third kappa shape index (κ3) is 2.75. The maximum absolute atomic E-state index is 11.5. The van der Waals surface area contributed by atoms with Crippen molar-refractivity contribution in [3.63, 3.8) is 0 Å². The van der Waals surface area contributed by atoms with Gasteiger partial charge in [0.1, 0.15) is 11.8 Å². The Morgan fingerprint density at radius 2 is 1.95 bits per heavy atom. The Hall–Kier alpha value is -2.74. The number of nitriles is 1. The fourth-order valence-electron chi connectivity index (χ4n) is 1.61. The summed E-state index contributed by atoms with van der Waals surface area (Å²) in [6.07, 6.45) is 2.99. The van der Waals surface area contributed by atoms with E-state index in [2.05, 4.69) is 9.97 Å². The van der Waals surface area contributed by atoms with Crippen LogP contribution in [-0.2, 0) is 4.74 Å². The first-order valence-corrected chi connectivity index (χ1v) is 5.75. The van der Waals surface area contributed by atoms with Gasteiger partial charge in [-0.2, -0.15) is 5.26 Å². The summed E-state index contributed by atoms with van der Waals surface area (Å²) in [6.45, 7) is 2.09. The fourth-order valence-corrected chi connectivity index (χ4v) is 1.61. The zero-order chi connectivity index (χ0) is 13.7. The van der Waals surface area contributed by atoms with Gasteiger partial charge in [-0.05, 0) is 19.1 Å². The number of carbonyl (C=O) groups excluding carboxylic acids is 1. The molecule has 0 N–H and O–H groups in total. The number of esters is 1. The number of hydrogen-bond acceptors (Lipinski definition) is 5. The van der Waals surface area contributed by atoms with E-state index in [0.717, 1.165) is 5.56 Å². The lowest BCUT2D eigenvalue weighted by molar-refractivity contribution is 0.0526. The molecule has 1 aromatic carbocycles. The van der Waals surface area contributed by atoms with E-state index in [0.29, 0.717) is 17.9 Å². The molecule has 0 amide bonds. The minimum atomic E-state index is -0.367. The van der Waals surface area contributed by atoms with Gasteiger partial charge in [-0.25, -0.2) is 9.78 Å². The summed E-state index contributed by atoms with van der Waals surface area (Å²) in [5.74, 6) is -0.367. The second-order valence-corrected chi connectivity index (χ2v) is 3.66. The van der Waals surface area contributed by atoms with Crippen molar-refractivity contribution in [3.05, 3.63) is 47.9 Å². The Kier molecular flexibility index (Phi) is 3.84. The number of nitrogens with zero attached hydrogens (tertiary/aromatic N) is 3. The van der Waals surface area contributed by atoms with Crippen LogP contribution in [0.25, 0.3) is 11.3 Å². The summed E-state index contributed by atoms with van der Waals surface area (Å²) in [6, 6.07) is 8.71. The maximum atomic E-state index is 11.5. The topological polar surface area (TPSA) is 75.9 Å². The van der Waals surface area contributed by atoms with Crippen molar-refractivity contribution in [2.75, 3.05) is 6.61 Å². The van der Waals surface area contributed by atoms with E-state index in [9.17, 15) is 4.79 Å². The van der Waals surface area contributed by atoms with Gasteiger partial charge in [0.2, 0.25) is 0 Å². The molecule has 5 heteroatoms. The smallest absolute Gasteiger partial charge is 0.338 e. The molecule has 0 bridgehead atoms. The monoisotopic (exact) mass is 253 g/mol. The summed E-state index contributed by atoms with van der Waals surface area (Å²) in [7, 11) is 0. The van der Waals surface area contributed by atoms with Crippen LogP contribution in [0.5, 0.6) is 0 Å². The zero-order valence-electron chi connectivity index (χ0n) is 10.3. The normalized spacial score (nSPS) is 9.68. The quantitative estimate of drug-likeness (QED) is 0.784. The number of aromatic nitrogens is 2. The predicted molar refractivity (Wildman–Crippen MR) is 68.1 cm³/mol. The Balaban J connectivity index is 2.33. The molecule has 0 saturated heterocycles. The molecule has 19 heavy (non-hydrogen) atoms. The molecule has 0 aliphatic rings. The molecule has 0 spiro atoms. The van der Waals surface area contributed by atoms with Crippen LogP contribution in [0.2, 0.25) is 0 Å². The number of ether oxygens (including phenoxy) is 1. The molecule has 2 aromatic rings. The second kappa shape index (κ2) is 5.74. The van der Waals surface area contributed by atoms with Crippen LogP contribution in [0.3, 0.4) is 0 Å². The van der Waals surface area contributed by atoms with E-state index >= 15 is 0 Å². The number of rotatable bonds is 3. The van der Waals surface area contributed by atoms with E-state index in [1.807, 2.05) is 6.07 Å². The molecule has 0 fully saturated rings.